The van der Waals surface area contributed by atoms with Gasteiger partial charge in [0.25, 0.3) is 0 Å². The van der Waals surface area contributed by atoms with Gasteiger partial charge in [-0.2, -0.15) is 0 Å². The summed E-state index contributed by atoms with van der Waals surface area (Å²) in [7, 11) is 2.18. The van der Waals surface area contributed by atoms with Gasteiger partial charge in [0.15, 0.2) is 0 Å². The highest BCUT2D eigenvalue weighted by Gasteiger charge is 2.11. The van der Waals surface area contributed by atoms with Crippen LogP contribution in [0.1, 0.15) is 29.9 Å². The van der Waals surface area contributed by atoms with Crippen LogP contribution in [0.5, 0.6) is 5.75 Å². The number of benzene rings is 1. The van der Waals surface area contributed by atoms with Crippen molar-refractivity contribution in [3.8, 4) is 5.75 Å². The zero-order valence-electron chi connectivity index (χ0n) is 13.3. The van der Waals surface area contributed by atoms with E-state index in [-0.39, 0.29) is 0 Å². The van der Waals surface area contributed by atoms with E-state index in [1.165, 1.54) is 5.57 Å². The molecule has 0 amide bonds. The van der Waals surface area contributed by atoms with E-state index >= 15 is 0 Å². The molecule has 0 saturated carbocycles. The fourth-order valence-electron chi connectivity index (χ4n) is 2.71. The van der Waals surface area contributed by atoms with Crippen molar-refractivity contribution >= 4 is 6.08 Å². The molecule has 1 saturated heterocycles. The molecule has 0 N–H and O–H groups in total. The van der Waals surface area contributed by atoms with Crippen molar-refractivity contribution in [3.05, 3.63) is 59.1 Å². The lowest BCUT2D eigenvalue weighted by molar-refractivity contribution is 0.267. The maximum Gasteiger partial charge on any atom is 0.146 e. The molecule has 116 valence electrons. The van der Waals surface area contributed by atoms with Crippen molar-refractivity contribution in [1.29, 1.82) is 0 Å². The van der Waals surface area contributed by atoms with E-state index < -0.39 is 0 Å². The monoisotopic (exact) mass is 297 g/mol. The number of aryl methyl sites for hydroxylation is 1. The first-order valence-corrected chi connectivity index (χ1v) is 7.86. The molecule has 1 aromatic carbocycles. The van der Waals surface area contributed by atoms with Gasteiger partial charge in [0.1, 0.15) is 23.9 Å². The fourth-order valence-corrected chi connectivity index (χ4v) is 2.71. The molecule has 3 nitrogen and oxygen atoms in total. The molecule has 0 unspecified atom stereocenters. The van der Waals surface area contributed by atoms with E-state index in [0.717, 1.165) is 48.8 Å². The summed E-state index contributed by atoms with van der Waals surface area (Å²) in [6.45, 7) is 4.69. The van der Waals surface area contributed by atoms with Crippen molar-refractivity contribution in [3.63, 3.8) is 0 Å². The number of hydrogen-bond donors (Lipinski definition) is 0. The van der Waals surface area contributed by atoms with Gasteiger partial charge < -0.3 is 14.1 Å². The van der Waals surface area contributed by atoms with Gasteiger partial charge in [-0.3, -0.25) is 0 Å². The SMILES string of the molecule is Cc1ccc(COc2ccccc2C=C2CCN(C)CC2)o1. The van der Waals surface area contributed by atoms with Crippen LogP contribution in [-0.2, 0) is 6.61 Å². The van der Waals surface area contributed by atoms with Gasteiger partial charge in [-0.15, -0.1) is 0 Å². The van der Waals surface area contributed by atoms with Crippen LogP contribution in [-0.4, -0.2) is 25.0 Å². The summed E-state index contributed by atoms with van der Waals surface area (Å²) in [5, 5.41) is 0. The summed E-state index contributed by atoms with van der Waals surface area (Å²) in [5.41, 5.74) is 2.66. The smallest absolute Gasteiger partial charge is 0.146 e. The molecular formula is C19H23NO2. The standard InChI is InChI=1S/C19H23NO2/c1-15-7-8-18(22-15)14-21-19-6-4-3-5-17(19)13-16-9-11-20(2)12-10-16/h3-8,13H,9-12,14H2,1-2H3. The Morgan fingerprint density at radius 1 is 1.14 bits per heavy atom. The Labute approximate surface area is 132 Å². The summed E-state index contributed by atoms with van der Waals surface area (Å²) in [6, 6.07) is 12.1. The normalized spacial score (nSPS) is 15.8. The third-order valence-electron chi connectivity index (χ3n) is 4.07. The van der Waals surface area contributed by atoms with Crippen LogP contribution in [0, 0.1) is 6.92 Å². The van der Waals surface area contributed by atoms with Gasteiger partial charge in [0, 0.05) is 18.7 Å². The highest BCUT2D eigenvalue weighted by molar-refractivity contribution is 5.60. The molecule has 1 aliphatic heterocycles. The fraction of sp³-hybridized carbons (Fsp3) is 0.368. The Hall–Kier alpha value is -2.00. The lowest BCUT2D eigenvalue weighted by Gasteiger charge is -2.24. The molecule has 0 atom stereocenters. The van der Waals surface area contributed by atoms with Crippen molar-refractivity contribution in [2.45, 2.75) is 26.4 Å². The van der Waals surface area contributed by atoms with Crippen molar-refractivity contribution in [2.24, 2.45) is 0 Å². The van der Waals surface area contributed by atoms with Crippen molar-refractivity contribution in [1.82, 2.24) is 4.90 Å². The Morgan fingerprint density at radius 2 is 1.91 bits per heavy atom. The first-order valence-electron chi connectivity index (χ1n) is 7.86. The number of ether oxygens (including phenoxy) is 1. The largest absolute Gasteiger partial charge is 0.485 e. The van der Waals surface area contributed by atoms with E-state index in [0.29, 0.717) is 6.61 Å². The zero-order chi connectivity index (χ0) is 15.4. The molecule has 1 aromatic heterocycles. The quantitative estimate of drug-likeness (QED) is 0.842. The van der Waals surface area contributed by atoms with E-state index in [9.17, 15) is 0 Å². The van der Waals surface area contributed by atoms with Crippen molar-refractivity contribution in [2.75, 3.05) is 20.1 Å². The number of rotatable bonds is 4. The van der Waals surface area contributed by atoms with Gasteiger partial charge in [-0.1, -0.05) is 29.8 Å². The third-order valence-corrected chi connectivity index (χ3v) is 4.07. The number of hydrogen-bond acceptors (Lipinski definition) is 3. The lowest BCUT2D eigenvalue weighted by atomic mass is 10.0. The van der Waals surface area contributed by atoms with Crippen LogP contribution < -0.4 is 4.74 Å². The molecule has 2 heterocycles. The highest BCUT2D eigenvalue weighted by Crippen LogP contribution is 2.25. The minimum Gasteiger partial charge on any atom is -0.485 e. The van der Waals surface area contributed by atoms with Gasteiger partial charge >= 0.3 is 0 Å². The molecule has 0 radical (unpaired) electrons. The van der Waals surface area contributed by atoms with E-state index in [2.05, 4.69) is 30.2 Å². The van der Waals surface area contributed by atoms with Crippen LogP contribution in [0.25, 0.3) is 6.08 Å². The summed E-state index contributed by atoms with van der Waals surface area (Å²) >= 11 is 0. The predicted molar refractivity (Wildman–Crippen MR) is 88.9 cm³/mol. The van der Waals surface area contributed by atoms with E-state index in [1.54, 1.807) is 0 Å². The first kappa shape index (κ1) is 14.9. The summed E-state index contributed by atoms with van der Waals surface area (Å²) in [4.78, 5) is 2.37. The predicted octanol–water partition coefficient (Wildman–Crippen LogP) is 4.28. The molecule has 1 aliphatic rings. The van der Waals surface area contributed by atoms with Crippen LogP contribution in [0.3, 0.4) is 0 Å². The van der Waals surface area contributed by atoms with Gasteiger partial charge in [0.2, 0.25) is 0 Å². The third kappa shape index (κ3) is 3.80. The second kappa shape index (κ2) is 6.84. The second-order valence-electron chi connectivity index (χ2n) is 5.94. The maximum atomic E-state index is 5.95. The van der Waals surface area contributed by atoms with Gasteiger partial charge in [0.05, 0.1) is 0 Å². The summed E-state index contributed by atoms with van der Waals surface area (Å²) < 4.78 is 11.5. The van der Waals surface area contributed by atoms with Gasteiger partial charge in [-0.25, -0.2) is 0 Å². The highest BCUT2D eigenvalue weighted by atomic mass is 16.5. The van der Waals surface area contributed by atoms with Crippen molar-refractivity contribution < 1.29 is 9.15 Å². The summed E-state index contributed by atoms with van der Waals surface area (Å²) in [6.07, 6.45) is 4.57. The average Bonchev–Trinajstić information content (AvgIpc) is 2.94. The van der Waals surface area contributed by atoms with Crippen LogP contribution in [0.15, 0.2) is 46.4 Å². The summed E-state index contributed by atoms with van der Waals surface area (Å²) in [5.74, 6) is 2.70. The minimum absolute atomic E-state index is 0.469. The lowest BCUT2D eigenvalue weighted by Crippen LogP contribution is -2.26. The van der Waals surface area contributed by atoms with Crippen LogP contribution in [0.4, 0.5) is 0 Å². The van der Waals surface area contributed by atoms with Crippen LogP contribution in [0.2, 0.25) is 0 Å². The van der Waals surface area contributed by atoms with E-state index in [1.807, 2.05) is 31.2 Å². The second-order valence-corrected chi connectivity index (χ2v) is 5.94. The Morgan fingerprint density at radius 3 is 2.64 bits per heavy atom. The molecule has 22 heavy (non-hydrogen) atoms. The Kier molecular flexibility index (Phi) is 4.64. The number of piperidine rings is 1. The molecular weight excluding hydrogens is 274 g/mol. The molecule has 1 fully saturated rings. The maximum absolute atomic E-state index is 5.95. The number of furan rings is 1. The molecule has 0 spiro atoms. The molecule has 3 heteroatoms. The van der Waals surface area contributed by atoms with E-state index in [4.69, 9.17) is 9.15 Å². The number of likely N-dealkylation sites (tertiary alicyclic amines) is 1. The zero-order valence-corrected chi connectivity index (χ0v) is 13.3. The molecule has 0 aliphatic carbocycles. The van der Waals surface area contributed by atoms with Gasteiger partial charge in [-0.05, 0) is 45.0 Å². The molecule has 3 rings (SSSR count). The Bertz CT molecular complexity index is 647. The minimum atomic E-state index is 0.469. The molecule has 0 bridgehead atoms. The first-order chi connectivity index (χ1) is 10.7. The average molecular weight is 297 g/mol. The molecule has 2 aromatic rings. The number of nitrogens with zero attached hydrogens (tertiary/aromatic N) is 1. The topological polar surface area (TPSA) is 25.6 Å². The Balaban J connectivity index is 1.71. The number of para-hydroxylation sites is 1. The van der Waals surface area contributed by atoms with Crippen LogP contribution >= 0.6 is 0 Å².